The average Bonchev–Trinajstić information content (AvgIpc) is 2.65. The maximum Gasteiger partial charge on any atom is 0.416 e. The van der Waals surface area contributed by atoms with Crippen molar-refractivity contribution in [3.63, 3.8) is 0 Å². The number of halogens is 3. The molecule has 2 rings (SSSR count). The maximum absolute atomic E-state index is 12.5. The molecule has 4 N–H and O–H groups in total. The van der Waals surface area contributed by atoms with Crippen LogP contribution in [-0.4, -0.2) is 23.7 Å². The summed E-state index contributed by atoms with van der Waals surface area (Å²) in [5, 5.41) is 13.3. The molecule has 0 saturated carbocycles. The lowest BCUT2D eigenvalue weighted by molar-refractivity contribution is -0.137. The third kappa shape index (κ3) is 6.05. The van der Waals surface area contributed by atoms with E-state index in [4.69, 9.17) is 5.21 Å². The van der Waals surface area contributed by atoms with Crippen LogP contribution < -0.4 is 16.1 Å². The van der Waals surface area contributed by atoms with Gasteiger partial charge in [-0.25, -0.2) is 10.3 Å². The summed E-state index contributed by atoms with van der Waals surface area (Å²) in [5.74, 6) is 4.81. The van der Waals surface area contributed by atoms with Crippen molar-refractivity contribution < 1.29 is 28.0 Å². The van der Waals surface area contributed by atoms with Crippen LogP contribution in [0.3, 0.4) is 0 Å². The van der Waals surface area contributed by atoms with Crippen molar-refractivity contribution in [1.29, 1.82) is 0 Å². The summed E-state index contributed by atoms with van der Waals surface area (Å²) in [6.07, 6.45) is -4.43. The van der Waals surface area contributed by atoms with E-state index in [0.29, 0.717) is 5.56 Å². The van der Waals surface area contributed by atoms with E-state index >= 15 is 0 Å². The van der Waals surface area contributed by atoms with Crippen molar-refractivity contribution in [1.82, 2.24) is 10.8 Å². The number of anilines is 1. The summed E-state index contributed by atoms with van der Waals surface area (Å²) >= 11 is 0. The number of benzene rings is 2. The van der Waals surface area contributed by atoms with E-state index in [0.717, 1.165) is 24.3 Å². The molecular formula is C18H14F3N3O3. The van der Waals surface area contributed by atoms with Gasteiger partial charge in [0, 0.05) is 16.8 Å². The van der Waals surface area contributed by atoms with Crippen LogP contribution in [0.4, 0.5) is 23.7 Å². The minimum absolute atomic E-state index is 0.00530. The Hall–Kier alpha value is -3.51. The Morgan fingerprint density at radius 3 is 2.19 bits per heavy atom. The number of nitrogens with one attached hydrogen (secondary N) is 3. The van der Waals surface area contributed by atoms with Gasteiger partial charge in [-0.3, -0.25) is 10.0 Å². The Balaban J connectivity index is 1.83. The fourth-order valence-corrected chi connectivity index (χ4v) is 1.96. The summed E-state index contributed by atoms with van der Waals surface area (Å²) in [7, 11) is 0. The van der Waals surface area contributed by atoms with E-state index in [1.165, 1.54) is 17.6 Å². The third-order valence-corrected chi connectivity index (χ3v) is 3.29. The maximum atomic E-state index is 12.5. The molecule has 0 fully saturated rings. The highest BCUT2D eigenvalue weighted by Crippen LogP contribution is 2.29. The highest BCUT2D eigenvalue weighted by molar-refractivity contribution is 5.93. The molecule has 6 nitrogen and oxygen atoms in total. The number of carbonyl (C=O) groups excluding carboxylic acids is 2. The second kappa shape index (κ2) is 8.73. The third-order valence-electron chi connectivity index (χ3n) is 3.29. The number of hydrogen-bond donors (Lipinski definition) is 4. The van der Waals surface area contributed by atoms with Gasteiger partial charge in [0.05, 0.1) is 12.1 Å². The van der Waals surface area contributed by atoms with Gasteiger partial charge in [0.25, 0.3) is 5.91 Å². The number of rotatable bonds is 3. The van der Waals surface area contributed by atoms with E-state index in [2.05, 4.69) is 22.5 Å². The molecule has 0 atom stereocenters. The first-order valence-electron chi connectivity index (χ1n) is 7.55. The quantitative estimate of drug-likeness (QED) is 0.377. The number of urea groups is 1. The molecule has 2 aromatic carbocycles. The fourth-order valence-electron chi connectivity index (χ4n) is 1.96. The lowest BCUT2D eigenvalue weighted by atomic mass is 10.1. The molecule has 2 aromatic rings. The Kier molecular flexibility index (Phi) is 6.41. The Bertz CT molecular complexity index is 867. The average molecular weight is 377 g/mol. The van der Waals surface area contributed by atoms with E-state index in [-0.39, 0.29) is 17.8 Å². The predicted octanol–water partition coefficient (Wildman–Crippen LogP) is 3.00. The zero-order chi connectivity index (χ0) is 19.9. The van der Waals surface area contributed by atoms with Crippen molar-refractivity contribution in [3.05, 3.63) is 65.2 Å². The van der Waals surface area contributed by atoms with Crippen molar-refractivity contribution >= 4 is 17.6 Å². The number of alkyl halides is 3. The van der Waals surface area contributed by atoms with Crippen LogP contribution in [-0.2, 0) is 6.18 Å². The number of carbonyl (C=O) groups is 2. The number of hydrogen-bond acceptors (Lipinski definition) is 3. The van der Waals surface area contributed by atoms with E-state index in [1.54, 1.807) is 12.1 Å². The van der Waals surface area contributed by atoms with Gasteiger partial charge in [0.15, 0.2) is 0 Å². The van der Waals surface area contributed by atoms with Crippen LogP contribution in [0.25, 0.3) is 0 Å². The molecule has 0 spiro atoms. The van der Waals surface area contributed by atoms with Crippen LogP contribution in [0.2, 0.25) is 0 Å². The molecule has 0 unspecified atom stereocenters. The van der Waals surface area contributed by atoms with E-state index < -0.39 is 23.7 Å². The van der Waals surface area contributed by atoms with Gasteiger partial charge >= 0.3 is 12.2 Å². The largest absolute Gasteiger partial charge is 0.416 e. The molecule has 0 radical (unpaired) electrons. The lowest BCUT2D eigenvalue weighted by Crippen LogP contribution is -2.28. The highest BCUT2D eigenvalue weighted by atomic mass is 19.4. The Morgan fingerprint density at radius 1 is 1.00 bits per heavy atom. The monoisotopic (exact) mass is 377 g/mol. The van der Waals surface area contributed by atoms with Crippen molar-refractivity contribution in [2.75, 3.05) is 11.9 Å². The summed E-state index contributed by atoms with van der Waals surface area (Å²) < 4.78 is 37.4. The molecule has 0 aliphatic carbocycles. The molecule has 9 heteroatoms. The number of amides is 3. The SMILES string of the molecule is O=C(NCC#Cc1ccc(C(=O)NO)cc1)Nc1ccc(C(F)(F)F)cc1. The lowest BCUT2D eigenvalue weighted by Gasteiger charge is -2.08. The highest BCUT2D eigenvalue weighted by Gasteiger charge is 2.29. The molecule has 140 valence electrons. The van der Waals surface area contributed by atoms with Gasteiger partial charge in [-0.2, -0.15) is 13.2 Å². The van der Waals surface area contributed by atoms with Crippen molar-refractivity contribution in [3.8, 4) is 11.8 Å². The first-order chi connectivity index (χ1) is 12.8. The molecule has 0 saturated heterocycles. The number of hydroxylamine groups is 1. The minimum Gasteiger partial charge on any atom is -0.327 e. The summed E-state index contributed by atoms with van der Waals surface area (Å²) in [5.41, 5.74) is 1.77. The van der Waals surface area contributed by atoms with Crippen LogP contribution in [0, 0.1) is 11.8 Å². The fraction of sp³-hybridized carbons (Fsp3) is 0.111. The van der Waals surface area contributed by atoms with Crippen LogP contribution in [0.5, 0.6) is 0 Å². The molecule has 3 amide bonds. The summed E-state index contributed by atoms with van der Waals surface area (Å²) in [6, 6.07) is 9.52. The van der Waals surface area contributed by atoms with Gasteiger partial charge in [-0.15, -0.1) is 0 Å². The van der Waals surface area contributed by atoms with Gasteiger partial charge in [0.1, 0.15) is 0 Å². The zero-order valence-corrected chi connectivity index (χ0v) is 13.7. The molecule has 0 aliphatic rings. The van der Waals surface area contributed by atoms with Crippen LogP contribution in [0.15, 0.2) is 48.5 Å². The second-order valence-electron chi connectivity index (χ2n) is 5.20. The topological polar surface area (TPSA) is 90.5 Å². The van der Waals surface area contributed by atoms with Crippen LogP contribution >= 0.6 is 0 Å². The first kappa shape index (κ1) is 19.8. The van der Waals surface area contributed by atoms with Crippen LogP contribution in [0.1, 0.15) is 21.5 Å². The smallest absolute Gasteiger partial charge is 0.327 e. The van der Waals surface area contributed by atoms with Crippen molar-refractivity contribution in [2.45, 2.75) is 6.18 Å². The predicted molar refractivity (Wildman–Crippen MR) is 91.0 cm³/mol. The Labute approximate surface area is 152 Å². The summed E-state index contributed by atoms with van der Waals surface area (Å²) in [6.45, 7) is 0.00530. The van der Waals surface area contributed by atoms with Gasteiger partial charge in [-0.05, 0) is 48.5 Å². The first-order valence-corrected chi connectivity index (χ1v) is 7.55. The zero-order valence-electron chi connectivity index (χ0n) is 13.7. The van der Waals surface area contributed by atoms with Crippen molar-refractivity contribution in [2.24, 2.45) is 0 Å². The molecule has 0 aliphatic heterocycles. The van der Waals surface area contributed by atoms with Gasteiger partial charge < -0.3 is 10.6 Å². The van der Waals surface area contributed by atoms with E-state index in [9.17, 15) is 22.8 Å². The Morgan fingerprint density at radius 2 is 1.63 bits per heavy atom. The minimum atomic E-state index is -4.43. The molecule has 0 aromatic heterocycles. The molecular weight excluding hydrogens is 363 g/mol. The molecule has 0 bridgehead atoms. The summed E-state index contributed by atoms with van der Waals surface area (Å²) in [4.78, 5) is 22.8. The standard InChI is InChI=1S/C18H14F3N3O3/c19-18(20,21)14-7-9-15(10-8-14)23-17(26)22-11-1-2-12-3-5-13(6-4-12)16(25)24-27/h3-10,27H,11H2,(H,24,25)(H2,22,23,26). The van der Waals surface area contributed by atoms with E-state index in [1.807, 2.05) is 0 Å². The second-order valence-corrected chi connectivity index (χ2v) is 5.20. The molecule has 0 heterocycles. The molecule has 27 heavy (non-hydrogen) atoms. The van der Waals surface area contributed by atoms with Gasteiger partial charge in [-0.1, -0.05) is 11.8 Å². The normalized spacial score (nSPS) is 10.4. The van der Waals surface area contributed by atoms with Gasteiger partial charge in [0.2, 0.25) is 0 Å².